The fourth-order valence-electron chi connectivity index (χ4n) is 4.35. The Bertz CT molecular complexity index is 1050. The van der Waals surface area contributed by atoms with Crippen LogP contribution in [0.2, 0.25) is 0 Å². The van der Waals surface area contributed by atoms with E-state index in [-0.39, 0.29) is 28.7 Å². The van der Waals surface area contributed by atoms with E-state index in [1.54, 1.807) is 42.3 Å². The van der Waals surface area contributed by atoms with Crippen LogP contribution in [0.3, 0.4) is 0 Å². The first-order chi connectivity index (χ1) is 14.9. The maximum absolute atomic E-state index is 13.6. The maximum atomic E-state index is 13.6. The summed E-state index contributed by atoms with van der Waals surface area (Å²) in [5.74, 6) is -0.552. The highest BCUT2D eigenvalue weighted by Gasteiger charge is 2.34. The molecule has 0 saturated heterocycles. The van der Waals surface area contributed by atoms with Gasteiger partial charge in [-0.3, -0.25) is 4.79 Å². The molecule has 166 valence electrons. The number of sulfonamides is 1. The number of rotatable bonds is 7. The lowest BCUT2D eigenvalue weighted by molar-refractivity contribution is 0.0729. The van der Waals surface area contributed by atoms with E-state index in [2.05, 4.69) is 0 Å². The first-order valence-electron chi connectivity index (χ1n) is 11.0. The number of hydrogen-bond donors (Lipinski definition) is 0. The normalized spacial score (nSPS) is 17.6. The van der Waals surface area contributed by atoms with Gasteiger partial charge in [-0.2, -0.15) is 4.31 Å². The van der Waals surface area contributed by atoms with E-state index in [4.69, 9.17) is 0 Å². The van der Waals surface area contributed by atoms with Crippen molar-refractivity contribution in [2.45, 2.75) is 68.5 Å². The smallest absolute Gasteiger partial charge is 0.254 e. The van der Waals surface area contributed by atoms with Crippen LogP contribution in [-0.4, -0.2) is 42.7 Å². The second-order valence-electron chi connectivity index (χ2n) is 8.64. The Morgan fingerprint density at radius 1 is 0.968 bits per heavy atom. The lowest BCUT2D eigenvalue weighted by atomic mass is 9.96. The molecule has 2 aliphatic carbocycles. The summed E-state index contributed by atoms with van der Waals surface area (Å²) in [5, 5.41) is 0. The summed E-state index contributed by atoms with van der Waals surface area (Å²) in [4.78, 5) is 15.2. The minimum atomic E-state index is -3.68. The highest BCUT2D eigenvalue weighted by atomic mass is 32.2. The molecule has 0 aliphatic heterocycles. The van der Waals surface area contributed by atoms with Gasteiger partial charge in [0.05, 0.1) is 4.90 Å². The molecule has 7 heteroatoms. The first-order valence-corrected chi connectivity index (χ1v) is 12.4. The van der Waals surface area contributed by atoms with Gasteiger partial charge < -0.3 is 4.90 Å². The lowest BCUT2D eigenvalue weighted by Crippen LogP contribution is -2.38. The highest BCUT2D eigenvalue weighted by Crippen LogP contribution is 2.31. The Balaban J connectivity index is 1.56. The number of amides is 1. The minimum absolute atomic E-state index is 0.00838. The maximum Gasteiger partial charge on any atom is 0.254 e. The Kier molecular flexibility index (Phi) is 6.44. The molecule has 2 saturated carbocycles. The second-order valence-corrected chi connectivity index (χ2v) is 10.6. The molecule has 31 heavy (non-hydrogen) atoms. The third-order valence-corrected chi connectivity index (χ3v) is 8.24. The van der Waals surface area contributed by atoms with Gasteiger partial charge in [-0.1, -0.05) is 37.5 Å². The van der Waals surface area contributed by atoms with Crippen molar-refractivity contribution in [3.8, 4) is 0 Å². The average Bonchev–Trinajstić information content (AvgIpc) is 3.62. The van der Waals surface area contributed by atoms with Gasteiger partial charge in [0.15, 0.2) is 0 Å². The number of benzene rings is 2. The zero-order chi connectivity index (χ0) is 22.0. The van der Waals surface area contributed by atoms with Crippen LogP contribution < -0.4 is 0 Å². The van der Waals surface area contributed by atoms with Crippen molar-refractivity contribution < 1.29 is 17.6 Å². The van der Waals surface area contributed by atoms with Crippen LogP contribution in [0.15, 0.2) is 53.4 Å². The molecule has 0 unspecified atom stereocenters. The Labute approximate surface area is 183 Å². The van der Waals surface area contributed by atoms with E-state index < -0.39 is 10.0 Å². The Morgan fingerprint density at radius 3 is 2.35 bits per heavy atom. The van der Waals surface area contributed by atoms with Crippen molar-refractivity contribution in [3.63, 3.8) is 0 Å². The predicted octanol–water partition coefficient (Wildman–Crippen LogP) is 4.58. The molecule has 2 fully saturated rings. The van der Waals surface area contributed by atoms with Gasteiger partial charge in [-0.25, -0.2) is 12.8 Å². The number of halogens is 1. The molecule has 0 heterocycles. The third kappa shape index (κ3) is 4.99. The van der Waals surface area contributed by atoms with E-state index in [1.165, 1.54) is 22.5 Å². The van der Waals surface area contributed by atoms with Crippen molar-refractivity contribution in [1.29, 1.82) is 0 Å². The summed E-state index contributed by atoms with van der Waals surface area (Å²) in [5.41, 5.74) is 1.07. The monoisotopic (exact) mass is 444 g/mol. The highest BCUT2D eigenvalue weighted by molar-refractivity contribution is 7.89. The van der Waals surface area contributed by atoms with Gasteiger partial charge in [-0.05, 0) is 61.6 Å². The van der Waals surface area contributed by atoms with Crippen LogP contribution in [0.5, 0.6) is 0 Å². The van der Waals surface area contributed by atoms with Crippen molar-refractivity contribution in [2.75, 3.05) is 7.05 Å². The zero-order valence-corrected chi connectivity index (χ0v) is 18.7. The molecule has 0 radical (unpaired) electrons. The Hall–Kier alpha value is -2.25. The molecule has 0 spiro atoms. The fourth-order valence-corrected chi connectivity index (χ4v) is 5.81. The van der Waals surface area contributed by atoms with Gasteiger partial charge >= 0.3 is 0 Å². The molecule has 4 rings (SSSR count). The van der Waals surface area contributed by atoms with Crippen LogP contribution in [0.1, 0.15) is 60.9 Å². The van der Waals surface area contributed by atoms with Gasteiger partial charge in [-0.15, -0.1) is 0 Å². The van der Waals surface area contributed by atoms with Gasteiger partial charge in [0.2, 0.25) is 10.0 Å². The third-order valence-electron chi connectivity index (χ3n) is 6.34. The standard InChI is InChI=1S/C24H29FN2O3S/c1-26(21-10-3-2-4-11-21)31(29,30)23-12-6-8-19(16-23)24(28)27(22-13-14-22)17-18-7-5-9-20(25)15-18/h5-9,12,15-16,21-22H,2-4,10-11,13-14,17H2,1H3. The summed E-state index contributed by atoms with van der Waals surface area (Å²) in [6, 6.07) is 12.7. The summed E-state index contributed by atoms with van der Waals surface area (Å²) >= 11 is 0. The van der Waals surface area contributed by atoms with Crippen LogP contribution in [0.25, 0.3) is 0 Å². The fraction of sp³-hybridized carbons (Fsp3) is 0.458. The minimum Gasteiger partial charge on any atom is -0.331 e. The number of nitrogens with zero attached hydrogens (tertiary/aromatic N) is 2. The molecule has 2 aliphatic rings. The summed E-state index contributed by atoms with van der Waals surface area (Å²) in [7, 11) is -2.04. The number of carbonyl (C=O) groups excluding carboxylic acids is 1. The Morgan fingerprint density at radius 2 is 1.68 bits per heavy atom. The zero-order valence-electron chi connectivity index (χ0n) is 17.8. The molecule has 1 amide bonds. The molecule has 2 aromatic rings. The quantitative estimate of drug-likeness (QED) is 0.628. The van der Waals surface area contributed by atoms with Crippen LogP contribution in [0, 0.1) is 5.82 Å². The average molecular weight is 445 g/mol. The van der Waals surface area contributed by atoms with Crippen molar-refractivity contribution in [1.82, 2.24) is 9.21 Å². The molecule has 0 aromatic heterocycles. The van der Waals surface area contributed by atoms with E-state index in [1.807, 2.05) is 0 Å². The molecule has 0 bridgehead atoms. The number of carbonyl (C=O) groups is 1. The van der Waals surface area contributed by atoms with Crippen LogP contribution in [0.4, 0.5) is 4.39 Å². The summed E-state index contributed by atoms with van der Waals surface area (Å²) in [6.07, 6.45) is 6.79. The van der Waals surface area contributed by atoms with E-state index in [0.717, 1.165) is 50.5 Å². The predicted molar refractivity (Wildman–Crippen MR) is 118 cm³/mol. The number of hydrogen-bond acceptors (Lipinski definition) is 3. The van der Waals surface area contributed by atoms with Crippen molar-refractivity contribution in [2.24, 2.45) is 0 Å². The molecular weight excluding hydrogens is 415 g/mol. The van der Waals surface area contributed by atoms with Crippen molar-refractivity contribution in [3.05, 3.63) is 65.5 Å². The molecular formula is C24H29FN2O3S. The van der Waals surface area contributed by atoms with Crippen LogP contribution in [-0.2, 0) is 16.6 Å². The molecule has 2 aromatic carbocycles. The molecule has 0 atom stereocenters. The van der Waals surface area contributed by atoms with E-state index in [9.17, 15) is 17.6 Å². The van der Waals surface area contributed by atoms with Crippen LogP contribution >= 0.6 is 0 Å². The van der Waals surface area contributed by atoms with Gasteiger partial charge in [0.25, 0.3) is 5.91 Å². The summed E-state index contributed by atoms with van der Waals surface area (Å²) < 4.78 is 41.5. The second kappa shape index (κ2) is 9.09. The van der Waals surface area contributed by atoms with E-state index >= 15 is 0 Å². The van der Waals surface area contributed by atoms with Gasteiger partial charge in [0, 0.05) is 31.2 Å². The lowest BCUT2D eigenvalue weighted by Gasteiger charge is -2.30. The molecule has 5 nitrogen and oxygen atoms in total. The largest absolute Gasteiger partial charge is 0.331 e. The first kappa shape index (κ1) is 22.0. The summed E-state index contributed by atoms with van der Waals surface area (Å²) in [6.45, 7) is 0.306. The SMILES string of the molecule is CN(C1CCCCC1)S(=O)(=O)c1cccc(C(=O)N(Cc2cccc(F)c2)C2CC2)c1. The topological polar surface area (TPSA) is 57.7 Å². The molecule has 0 N–H and O–H groups in total. The van der Waals surface area contributed by atoms with E-state index in [0.29, 0.717) is 12.1 Å². The van der Waals surface area contributed by atoms with Crippen molar-refractivity contribution >= 4 is 15.9 Å². The van der Waals surface area contributed by atoms with Gasteiger partial charge in [0.1, 0.15) is 5.82 Å².